The average molecular weight is 345 g/mol. The first-order valence-corrected chi connectivity index (χ1v) is 7.87. The van der Waals surface area contributed by atoms with Crippen molar-refractivity contribution in [1.29, 1.82) is 0 Å². The first-order chi connectivity index (χ1) is 12.0. The van der Waals surface area contributed by atoms with Crippen LogP contribution in [-0.2, 0) is 11.2 Å². The zero-order chi connectivity index (χ0) is 18.0. The monoisotopic (exact) mass is 345 g/mol. The molecule has 3 amide bonds. The maximum Gasteiger partial charge on any atom is 0.319 e. The topological polar surface area (TPSA) is 61.4 Å². The summed E-state index contributed by atoms with van der Waals surface area (Å²) in [4.78, 5) is 26.2. The molecule has 5 nitrogen and oxygen atoms in total. The minimum absolute atomic E-state index is 0.162. The van der Waals surface area contributed by atoms with Crippen LogP contribution in [0.4, 0.5) is 25.0 Å². The van der Waals surface area contributed by atoms with Crippen molar-refractivity contribution in [2.24, 2.45) is 0 Å². The first kappa shape index (κ1) is 16.9. The third-order valence-corrected chi connectivity index (χ3v) is 4.05. The van der Waals surface area contributed by atoms with Gasteiger partial charge in [0, 0.05) is 18.3 Å². The number of halogens is 2. The molecule has 1 aliphatic rings. The van der Waals surface area contributed by atoms with Crippen LogP contribution in [0, 0.1) is 11.6 Å². The zero-order valence-electron chi connectivity index (χ0n) is 13.6. The van der Waals surface area contributed by atoms with Gasteiger partial charge in [-0.15, -0.1) is 0 Å². The number of carbonyl (C=O) groups excluding carboxylic acids is 2. The van der Waals surface area contributed by atoms with Crippen molar-refractivity contribution >= 4 is 23.3 Å². The van der Waals surface area contributed by atoms with Crippen LogP contribution in [0.5, 0.6) is 0 Å². The maximum absolute atomic E-state index is 13.6. The molecule has 3 rings (SSSR count). The number of carbonyl (C=O) groups is 2. The van der Waals surface area contributed by atoms with Gasteiger partial charge in [-0.3, -0.25) is 4.79 Å². The summed E-state index contributed by atoms with van der Waals surface area (Å²) in [5.74, 6) is -1.87. The minimum atomic E-state index is -0.886. The Hall–Kier alpha value is -2.96. The summed E-state index contributed by atoms with van der Waals surface area (Å²) in [6, 6.07) is 8.89. The second-order valence-corrected chi connectivity index (χ2v) is 5.81. The summed E-state index contributed by atoms with van der Waals surface area (Å²) < 4.78 is 26.4. The zero-order valence-corrected chi connectivity index (χ0v) is 13.6. The predicted molar refractivity (Wildman–Crippen MR) is 90.5 cm³/mol. The molecule has 0 unspecified atom stereocenters. The van der Waals surface area contributed by atoms with Gasteiger partial charge in [0.15, 0.2) is 0 Å². The molecule has 0 spiro atoms. The Balaban J connectivity index is 1.63. The van der Waals surface area contributed by atoms with Gasteiger partial charge in [-0.2, -0.15) is 0 Å². The van der Waals surface area contributed by atoms with Crippen LogP contribution in [0.3, 0.4) is 0 Å². The number of hydrogen-bond donors (Lipinski definition) is 2. The highest BCUT2D eigenvalue weighted by Gasteiger charge is 2.28. The van der Waals surface area contributed by atoms with Gasteiger partial charge in [0.2, 0.25) is 5.91 Å². The van der Waals surface area contributed by atoms with Crippen LogP contribution in [0.25, 0.3) is 0 Å². The largest absolute Gasteiger partial charge is 0.326 e. The molecule has 0 radical (unpaired) electrons. The van der Waals surface area contributed by atoms with E-state index in [1.165, 1.54) is 0 Å². The molecule has 2 aromatic carbocycles. The van der Waals surface area contributed by atoms with Gasteiger partial charge >= 0.3 is 6.03 Å². The average Bonchev–Trinajstić information content (AvgIpc) is 3.00. The lowest BCUT2D eigenvalue weighted by Crippen LogP contribution is -2.47. The fourth-order valence-corrected chi connectivity index (χ4v) is 2.81. The summed E-state index contributed by atoms with van der Waals surface area (Å²) in [6.45, 7) is 2.11. The number of nitrogens with zero attached hydrogens (tertiary/aromatic N) is 1. The van der Waals surface area contributed by atoms with E-state index in [9.17, 15) is 18.4 Å². The van der Waals surface area contributed by atoms with Gasteiger partial charge in [-0.25, -0.2) is 13.6 Å². The number of nitrogens with one attached hydrogen (secondary N) is 2. The van der Waals surface area contributed by atoms with Gasteiger partial charge in [0.1, 0.15) is 17.7 Å². The Labute approximate surface area is 143 Å². The van der Waals surface area contributed by atoms with E-state index in [-0.39, 0.29) is 11.6 Å². The second kappa shape index (κ2) is 6.88. The number of benzene rings is 2. The molecule has 0 bridgehead atoms. The second-order valence-electron chi connectivity index (χ2n) is 5.81. The predicted octanol–water partition coefficient (Wildman–Crippen LogP) is 3.06. The van der Waals surface area contributed by atoms with Gasteiger partial charge in [0.05, 0.1) is 5.69 Å². The van der Waals surface area contributed by atoms with Crippen LogP contribution in [0.2, 0.25) is 0 Å². The van der Waals surface area contributed by atoms with E-state index >= 15 is 0 Å². The van der Waals surface area contributed by atoms with E-state index in [4.69, 9.17) is 0 Å². The normalized spacial score (nSPS) is 14.0. The summed E-state index contributed by atoms with van der Waals surface area (Å²) in [5.41, 5.74) is 1.76. The molecule has 1 atom stereocenters. The van der Waals surface area contributed by atoms with Gasteiger partial charge < -0.3 is 15.5 Å². The van der Waals surface area contributed by atoms with E-state index < -0.39 is 23.7 Å². The molecule has 0 aromatic heterocycles. The third-order valence-electron chi connectivity index (χ3n) is 4.05. The molecule has 25 heavy (non-hydrogen) atoms. The van der Waals surface area contributed by atoms with Gasteiger partial charge in [0.25, 0.3) is 0 Å². The number of para-hydroxylation sites is 1. The number of hydrogen-bond acceptors (Lipinski definition) is 2. The maximum atomic E-state index is 13.6. The highest BCUT2D eigenvalue weighted by Crippen LogP contribution is 2.27. The van der Waals surface area contributed by atoms with E-state index in [2.05, 4.69) is 10.6 Å². The molecule has 0 saturated carbocycles. The summed E-state index contributed by atoms with van der Waals surface area (Å²) in [6.07, 6.45) is 0.765. The van der Waals surface area contributed by atoms with E-state index in [1.807, 2.05) is 24.3 Å². The first-order valence-electron chi connectivity index (χ1n) is 7.87. The van der Waals surface area contributed by atoms with Crippen LogP contribution < -0.4 is 15.5 Å². The molecule has 0 fully saturated rings. The van der Waals surface area contributed by atoms with Crippen molar-refractivity contribution in [3.8, 4) is 0 Å². The van der Waals surface area contributed by atoms with Crippen molar-refractivity contribution in [2.45, 2.75) is 19.4 Å². The fraction of sp³-hybridized carbons (Fsp3) is 0.222. The molecule has 2 N–H and O–H groups in total. The number of urea groups is 1. The van der Waals surface area contributed by atoms with Crippen molar-refractivity contribution in [2.75, 3.05) is 16.8 Å². The number of amides is 3. The Bertz CT molecular complexity index is 826. The number of anilines is 2. The summed E-state index contributed by atoms with van der Waals surface area (Å²) in [7, 11) is 0. The molecule has 7 heteroatoms. The molecule has 130 valence electrons. The minimum Gasteiger partial charge on any atom is -0.326 e. The van der Waals surface area contributed by atoms with Crippen LogP contribution >= 0.6 is 0 Å². The van der Waals surface area contributed by atoms with E-state index in [0.29, 0.717) is 12.6 Å². The van der Waals surface area contributed by atoms with Crippen molar-refractivity contribution in [3.05, 3.63) is 59.7 Å². The Morgan fingerprint density at radius 2 is 1.92 bits per heavy atom. The fourth-order valence-electron chi connectivity index (χ4n) is 2.81. The van der Waals surface area contributed by atoms with Crippen molar-refractivity contribution < 1.29 is 18.4 Å². The lowest BCUT2D eigenvalue weighted by atomic mass is 10.2. The number of rotatable bonds is 3. The molecule has 1 aliphatic heterocycles. The highest BCUT2D eigenvalue weighted by molar-refractivity contribution is 6.01. The highest BCUT2D eigenvalue weighted by atomic mass is 19.1. The van der Waals surface area contributed by atoms with Gasteiger partial charge in [-0.05, 0) is 37.1 Å². The van der Waals surface area contributed by atoms with E-state index in [1.54, 1.807) is 11.8 Å². The Morgan fingerprint density at radius 3 is 2.68 bits per heavy atom. The Morgan fingerprint density at radius 1 is 1.16 bits per heavy atom. The molecule has 1 heterocycles. The van der Waals surface area contributed by atoms with Crippen molar-refractivity contribution in [1.82, 2.24) is 5.32 Å². The Kier molecular flexibility index (Phi) is 4.65. The SMILES string of the molecule is C[C@H](NC(=O)Nc1ccc(F)cc1F)C(=O)N1CCc2ccccc21. The standard InChI is InChI=1S/C18H17F2N3O2/c1-11(17(24)23-9-8-12-4-2-3-5-16(12)23)21-18(25)22-15-7-6-13(19)10-14(15)20/h2-7,10-11H,8-9H2,1H3,(H2,21,22,25)/t11-/m0/s1. The molecule has 0 saturated heterocycles. The van der Waals surface area contributed by atoms with Crippen LogP contribution in [0.15, 0.2) is 42.5 Å². The molecular weight excluding hydrogens is 328 g/mol. The third kappa shape index (κ3) is 3.60. The molecule has 2 aromatic rings. The lowest BCUT2D eigenvalue weighted by Gasteiger charge is -2.22. The lowest BCUT2D eigenvalue weighted by molar-refractivity contribution is -0.119. The summed E-state index contributed by atoms with van der Waals surface area (Å²) >= 11 is 0. The van der Waals surface area contributed by atoms with Crippen LogP contribution in [-0.4, -0.2) is 24.5 Å². The quantitative estimate of drug-likeness (QED) is 0.898. The smallest absolute Gasteiger partial charge is 0.319 e. The number of fused-ring (bicyclic) bond motifs is 1. The molecule has 0 aliphatic carbocycles. The summed E-state index contributed by atoms with van der Waals surface area (Å²) in [5, 5.41) is 4.75. The molecular formula is C18H17F2N3O2. The van der Waals surface area contributed by atoms with Crippen molar-refractivity contribution in [3.63, 3.8) is 0 Å². The van der Waals surface area contributed by atoms with Crippen LogP contribution in [0.1, 0.15) is 12.5 Å². The van der Waals surface area contributed by atoms with E-state index in [0.717, 1.165) is 29.8 Å². The van der Waals surface area contributed by atoms with Gasteiger partial charge in [-0.1, -0.05) is 18.2 Å².